The predicted octanol–water partition coefficient (Wildman–Crippen LogP) is 8.46. The van der Waals surface area contributed by atoms with Crippen molar-refractivity contribution in [3.63, 3.8) is 0 Å². The maximum absolute atomic E-state index is 11.6. The predicted molar refractivity (Wildman–Crippen MR) is 139 cm³/mol. The summed E-state index contributed by atoms with van der Waals surface area (Å²) in [6, 6.07) is 40.1. The van der Waals surface area contributed by atoms with Crippen LogP contribution in [0.2, 0.25) is 0 Å². The van der Waals surface area contributed by atoms with Crippen LogP contribution < -0.4 is 0 Å². The third-order valence-electron chi connectivity index (χ3n) is 6.54. The number of halogens is 2. The third-order valence-corrected chi connectivity index (χ3v) is 6.54. The molecule has 5 aromatic carbocycles. The van der Waals surface area contributed by atoms with Crippen molar-refractivity contribution in [3.05, 3.63) is 143 Å². The summed E-state index contributed by atoms with van der Waals surface area (Å²) in [4.78, 5) is 0. The van der Waals surface area contributed by atoms with Gasteiger partial charge in [0.15, 0.2) is 0 Å². The number of aliphatic hydroxyl groups is 1. The van der Waals surface area contributed by atoms with Gasteiger partial charge in [0.2, 0.25) is 0 Å². The minimum atomic E-state index is -0.692. The van der Waals surface area contributed by atoms with Crippen LogP contribution in [0.15, 0.2) is 115 Å². The molecule has 6 rings (SSSR count). The summed E-state index contributed by atoms with van der Waals surface area (Å²) in [7, 11) is 9.78. The van der Waals surface area contributed by atoms with Crippen molar-refractivity contribution >= 4 is 29.4 Å². The van der Waals surface area contributed by atoms with Gasteiger partial charge in [-0.3, -0.25) is 0 Å². The molecule has 5 aromatic rings. The van der Waals surface area contributed by atoms with E-state index in [2.05, 4.69) is 84.9 Å². The zero-order valence-electron chi connectivity index (χ0n) is 18.3. The van der Waals surface area contributed by atoms with Crippen molar-refractivity contribution in [2.75, 3.05) is 0 Å². The molecule has 4 heteroatoms. The second kappa shape index (κ2) is 10.5. The Morgan fingerprint density at radius 3 is 1.76 bits per heavy atom. The van der Waals surface area contributed by atoms with E-state index in [-0.39, 0.29) is 5.92 Å². The number of aliphatic hydroxyl groups excluding tert-OH is 1. The number of rotatable bonds is 3. The van der Waals surface area contributed by atoms with Gasteiger partial charge >= 0.3 is 35.6 Å². The van der Waals surface area contributed by atoms with E-state index in [4.69, 9.17) is 18.6 Å². The Balaban J connectivity index is 0.000000764. The fourth-order valence-corrected chi connectivity index (χ4v) is 5.16. The van der Waals surface area contributed by atoms with Gasteiger partial charge in [-0.2, -0.15) is 0 Å². The maximum atomic E-state index is 11.6. The van der Waals surface area contributed by atoms with Gasteiger partial charge in [0.05, 0.1) is 0 Å². The summed E-state index contributed by atoms with van der Waals surface area (Å²) in [5.74, 6) is 0.102. The molecule has 1 N–H and O–H groups in total. The van der Waals surface area contributed by atoms with Crippen molar-refractivity contribution in [2.24, 2.45) is 0 Å². The summed E-state index contributed by atoms with van der Waals surface area (Å²) in [5.41, 5.74) is 8.28. The first-order chi connectivity index (χ1) is 16.7. The van der Waals surface area contributed by atoms with Crippen LogP contribution in [0.3, 0.4) is 0 Å². The molecule has 1 aliphatic carbocycles. The molecule has 1 nitrogen and oxygen atoms in total. The SMILES string of the molecule is OC(c1ccccc1)c1c(C2c3ccccc3-c3ccccc32)ccc2ccccc12.[Cl][Ti][Cl]. The first-order valence-electron chi connectivity index (χ1n) is 11.1. The molecule has 0 amide bonds. The van der Waals surface area contributed by atoms with Gasteiger partial charge in [0.1, 0.15) is 6.10 Å². The number of benzene rings is 5. The summed E-state index contributed by atoms with van der Waals surface area (Å²) in [5, 5.41) is 13.9. The third kappa shape index (κ3) is 4.24. The van der Waals surface area contributed by atoms with Gasteiger partial charge in [-0.05, 0) is 49.7 Å². The number of hydrogen-bond acceptors (Lipinski definition) is 1. The molecule has 1 unspecified atom stereocenters. The van der Waals surface area contributed by atoms with E-state index >= 15 is 0 Å². The van der Waals surface area contributed by atoms with Crippen LogP contribution in [0.1, 0.15) is 39.8 Å². The van der Waals surface area contributed by atoms with E-state index in [0.717, 1.165) is 21.9 Å². The monoisotopic (exact) mass is 516 g/mol. The van der Waals surface area contributed by atoms with Crippen LogP contribution in [-0.2, 0) is 17.0 Å². The second-order valence-corrected chi connectivity index (χ2v) is 10.9. The zero-order valence-corrected chi connectivity index (χ0v) is 21.4. The molecular formula is C30H22Cl2OTi. The fraction of sp³-hybridized carbons (Fsp3) is 0.0667. The molecule has 0 spiro atoms. The first kappa shape index (κ1) is 23.4. The van der Waals surface area contributed by atoms with Crippen molar-refractivity contribution in [1.82, 2.24) is 0 Å². The molecule has 0 heterocycles. The van der Waals surface area contributed by atoms with Gasteiger partial charge in [0.25, 0.3) is 0 Å². The second-order valence-electron chi connectivity index (χ2n) is 8.28. The van der Waals surface area contributed by atoms with Crippen LogP contribution in [-0.4, -0.2) is 5.11 Å². The topological polar surface area (TPSA) is 20.2 Å². The quantitative estimate of drug-likeness (QED) is 0.234. The summed E-state index contributed by atoms with van der Waals surface area (Å²) < 4.78 is 0. The molecule has 0 saturated heterocycles. The molecule has 0 bridgehead atoms. The molecule has 1 atom stereocenters. The summed E-state index contributed by atoms with van der Waals surface area (Å²) in [6.45, 7) is 0. The van der Waals surface area contributed by atoms with E-state index in [1.54, 1.807) is 0 Å². The first-order valence-corrected chi connectivity index (χ1v) is 15.4. The van der Waals surface area contributed by atoms with Crippen LogP contribution in [0, 0.1) is 0 Å². The van der Waals surface area contributed by atoms with E-state index in [1.165, 1.54) is 27.8 Å². The van der Waals surface area contributed by atoms with E-state index in [1.807, 2.05) is 30.3 Å². The van der Waals surface area contributed by atoms with Crippen LogP contribution in [0.4, 0.5) is 0 Å². The van der Waals surface area contributed by atoms with E-state index in [0.29, 0.717) is 0 Å². The van der Waals surface area contributed by atoms with Gasteiger partial charge < -0.3 is 5.11 Å². The molecule has 1 aliphatic rings. The number of fused-ring (bicyclic) bond motifs is 4. The molecule has 0 saturated carbocycles. The van der Waals surface area contributed by atoms with Crippen LogP contribution in [0.5, 0.6) is 0 Å². The van der Waals surface area contributed by atoms with Crippen molar-refractivity contribution in [1.29, 1.82) is 0 Å². The fourth-order valence-electron chi connectivity index (χ4n) is 5.16. The van der Waals surface area contributed by atoms with Crippen molar-refractivity contribution in [3.8, 4) is 11.1 Å². The molecular weight excluding hydrogens is 495 g/mol. The minimum absolute atomic E-state index is 0.102. The molecule has 34 heavy (non-hydrogen) atoms. The van der Waals surface area contributed by atoms with Gasteiger partial charge in [-0.1, -0.05) is 115 Å². The Kier molecular flexibility index (Phi) is 7.20. The summed E-state index contributed by atoms with van der Waals surface area (Å²) >= 11 is -0.556. The molecule has 166 valence electrons. The van der Waals surface area contributed by atoms with Gasteiger partial charge in [0, 0.05) is 5.92 Å². The van der Waals surface area contributed by atoms with Crippen LogP contribution >= 0.6 is 18.6 Å². The zero-order chi connectivity index (χ0) is 23.5. The average molecular weight is 517 g/mol. The van der Waals surface area contributed by atoms with Crippen LogP contribution in [0.25, 0.3) is 21.9 Å². The normalized spacial score (nSPS) is 12.9. The van der Waals surface area contributed by atoms with Gasteiger partial charge in [-0.15, -0.1) is 0 Å². The standard InChI is InChI=1S/C30H22O.2ClH.Ti/c31-30(21-11-2-1-3-12-21)29-22-13-5-4-10-20(22)18-19-27(29)28-25-16-8-6-14-23(25)24-15-7-9-17-26(24)28;;;/h1-19,28,30-31H;2*1H;/q;;;+2/p-2. The molecule has 0 radical (unpaired) electrons. The Morgan fingerprint density at radius 1 is 0.588 bits per heavy atom. The Labute approximate surface area is 216 Å². The average Bonchev–Trinajstić information content (AvgIpc) is 3.23. The Bertz CT molecular complexity index is 1390. The number of hydrogen-bond donors (Lipinski definition) is 1. The Morgan fingerprint density at radius 2 is 1.12 bits per heavy atom. The molecule has 0 fully saturated rings. The molecule has 0 aliphatic heterocycles. The summed E-state index contributed by atoms with van der Waals surface area (Å²) in [6.07, 6.45) is -0.692. The van der Waals surface area contributed by atoms with Crippen molar-refractivity contribution in [2.45, 2.75) is 12.0 Å². The Hall–Kier alpha value is -2.39. The van der Waals surface area contributed by atoms with Gasteiger partial charge in [-0.25, -0.2) is 0 Å². The van der Waals surface area contributed by atoms with E-state index in [9.17, 15) is 5.11 Å². The van der Waals surface area contributed by atoms with Crippen molar-refractivity contribution < 1.29 is 22.1 Å². The van der Waals surface area contributed by atoms with E-state index < -0.39 is 23.1 Å². The molecule has 0 aromatic heterocycles.